The molecule has 1 saturated heterocycles. The van der Waals surface area contributed by atoms with E-state index in [4.69, 9.17) is 0 Å². The molecule has 1 atom stereocenters. The number of rotatable bonds is 5. The number of nitrogens with one attached hydrogen (secondary N) is 1. The summed E-state index contributed by atoms with van der Waals surface area (Å²) in [6, 6.07) is 9.03. The van der Waals surface area contributed by atoms with Crippen LogP contribution in [0.3, 0.4) is 0 Å². The van der Waals surface area contributed by atoms with Gasteiger partial charge < -0.3 is 10.2 Å². The molecule has 3 heteroatoms. The fourth-order valence-electron chi connectivity index (χ4n) is 3.83. The Morgan fingerprint density at radius 3 is 2.77 bits per heavy atom. The molecule has 2 fully saturated rings. The molecule has 1 aromatic carbocycles. The Morgan fingerprint density at radius 2 is 2.09 bits per heavy atom. The lowest BCUT2D eigenvalue weighted by molar-refractivity contribution is -0.122. The summed E-state index contributed by atoms with van der Waals surface area (Å²) in [6.07, 6.45) is 7.65. The second-order valence-corrected chi connectivity index (χ2v) is 7.11. The molecule has 3 nitrogen and oxygen atoms in total. The van der Waals surface area contributed by atoms with Gasteiger partial charge in [-0.15, -0.1) is 0 Å². The predicted molar refractivity (Wildman–Crippen MR) is 89.7 cm³/mol. The first-order valence-corrected chi connectivity index (χ1v) is 8.68. The summed E-state index contributed by atoms with van der Waals surface area (Å²) in [7, 11) is 2.19. The third-order valence-electron chi connectivity index (χ3n) is 5.42. The number of nitrogens with zero attached hydrogens (tertiary/aromatic N) is 1. The van der Waals surface area contributed by atoms with Gasteiger partial charge in [0.2, 0.25) is 5.91 Å². The van der Waals surface area contributed by atoms with Gasteiger partial charge in [-0.05, 0) is 63.7 Å². The molecular formula is C19H28N2O. The fourth-order valence-corrected chi connectivity index (χ4v) is 3.83. The van der Waals surface area contributed by atoms with Gasteiger partial charge >= 0.3 is 0 Å². The molecule has 1 saturated carbocycles. The Morgan fingerprint density at radius 1 is 1.32 bits per heavy atom. The van der Waals surface area contributed by atoms with Crippen molar-refractivity contribution >= 4 is 5.91 Å². The zero-order valence-electron chi connectivity index (χ0n) is 13.9. The molecule has 1 aliphatic carbocycles. The van der Waals surface area contributed by atoms with Gasteiger partial charge in [-0.1, -0.05) is 30.7 Å². The third kappa shape index (κ3) is 3.35. The van der Waals surface area contributed by atoms with E-state index in [1.54, 1.807) is 0 Å². The first-order valence-electron chi connectivity index (χ1n) is 8.68. The Hall–Kier alpha value is -1.35. The van der Waals surface area contributed by atoms with Crippen molar-refractivity contribution in [1.82, 2.24) is 10.2 Å². The number of benzene rings is 1. The molecule has 1 N–H and O–H groups in total. The molecule has 0 bridgehead atoms. The Balaban J connectivity index is 1.55. The van der Waals surface area contributed by atoms with Crippen molar-refractivity contribution < 1.29 is 4.79 Å². The molecule has 22 heavy (non-hydrogen) atoms. The average molecular weight is 300 g/mol. The molecule has 1 heterocycles. The van der Waals surface area contributed by atoms with Gasteiger partial charge in [0.25, 0.3) is 0 Å². The molecule has 0 radical (unpaired) electrons. The van der Waals surface area contributed by atoms with Crippen molar-refractivity contribution in [3.63, 3.8) is 0 Å². The third-order valence-corrected chi connectivity index (χ3v) is 5.42. The molecule has 0 unspecified atom stereocenters. The van der Waals surface area contributed by atoms with Crippen LogP contribution in [-0.4, -0.2) is 30.4 Å². The molecule has 2 aliphatic rings. The van der Waals surface area contributed by atoms with Crippen molar-refractivity contribution in [3.8, 4) is 0 Å². The Labute approximate surface area is 134 Å². The summed E-state index contributed by atoms with van der Waals surface area (Å²) in [6.45, 7) is 3.32. The van der Waals surface area contributed by atoms with E-state index in [0.29, 0.717) is 12.5 Å². The van der Waals surface area contributed by atoms with Gasteiger partial charge in [-0.2, -0.15) is 0 Å². The maximum Gasteiger partial charge on any atom is 0.220 e. The number of likely N-dealkylation sites (tertiary alicyclic amines) is 1. The van der Waals surface area contributed by atoms with Crippen LogP contribution in [0.4, 0.5) is 0 Å². The second kappa shape index (κ2) is 6.41. The van der Waals surface area contributed by atoms with Crippen LogP contribution >= 0.6 is 0 Å². The number of carbonyl (C=O) groups is 1. The zero-order valence-corrected chi connectivity index (χ0v) is 13.9. The SMILES string of the molecule is Cc1ccccc1C1(NC(=O)CC[C@H]2CCCCN2C)CC1. The van der Waals surface area contributed by atoms with E-state index < -0.39 is 0 Å². The minimum absolute atomic E-state index is 0.0686. The van der Waals surface area contributed by atoms with E-state index in [0.717, 1.165) is 19.3 Å². The number of hydrogen-bond donors (Lipinski definition) is 1. The maximum absolute atomic E-state index is 12.4. The first kappa shape index (κ1) is 15.5. The smallest absolute Gasteiger partial charge is 0.220 e. The number of piperidine rings is 1. The van der Waals surface area contributed by atoms with Gasteiger partial charge in [-0.25, -0.2) is 0 Å². The quantitative estimate of drug-likeness (QED) is 0.904. The largest absolute Gasteiger partial charge is 0.347 e. The highest BCUT2D eigenvalue weighted by atomic mass is 16.1. The van der Waals surface area contributed by atoms with Crippen LogP contribution in [0.15, 0.2) is 24.3 Å². The highest BCUT2D eigenvalue weighted by Gasteiger charge is 2.46. The summed E-state index contributed by atoms with van der Waals surface area (Å²) in [4.78, 5) is 14.8. The summed E-state index contributed by atoms with van der Waals surface area (Å²) in [5.41, 5.74) is 2.52. The minimum atomic E-state index is -0.0686. The number of carbonyl (C=O) groups excluding carboxylic acids is 1. The van der Waals surface area contributed by atoms with Crippen molar-refractivity contribution in [3.05, 3.63) is 35.4 Å². The highest BCUT2D eigenvalue weighted by molar-refractivity contribution is 5.77. The van der Waals surface area contributed by atoms with E-state index in [1.165, 1.54) is 36.9 Å². The number of aryl methyl sites for hydroxylation is 1. The molecule has 3 rings (SSSR count). The van der Waals surface area contributed by atoms with E-state index in [2.05, 4.69) is 48.5 Å². The van der Waals surface area contributed by atoms with Gasteiger partial charge in [-0.3, -0.25) is 4.79 Å². The molecule has 1 aromatic rings. The minimum Gasteiger partial charge on any atom is -0.347 e. The normalized spacial score (nSPS) is 24.0. The monoisotopic (exact) mass is 300 g/mol. The highest BCUT2D eigenvalue weighted by Crippen LogP contribution is 2.46. The standard InChI is InChI=1S/C19H28N2O/c1-15-7-3-4-9-17(15)19(12-13-19)20-18(22)11-10-16-8-5-6-14-21(16)2/h3-4,7,9,16H,5-6,8,10-14H2,1-2H3,(H,20,22)/t16-/m1/s1. The lowest BCUT2D eigenvalue weighted by Crippen LogP contribution is -2.39. The van der Waals surface area contributed by atoms with E-state index >= 15 is 0 Å². The maximum atomic E-state index is 12.4. The topological polar surface area (TPSA) is 32.3 Å². The predicted octanol–water partition coefficient (Wildman–Crippen LogP) is 3.36. The van der Waals surface area contributed by atoms with Crippen LogP contribution in [0.5, 0.6) is 0 Å². The fraction of sp³-hybridized carbons (Fsp3) is 0.632. The van der Waals surface area contributed by atoms with Gasteiger partial charge in [0.05, 0.1) is 5.54 Å². The van der Waals surface area contributed by atoms with Crippen LogP contribution in [0.2, 0.25) is 0 Å². The Kier molecular flexibility index (Phi) is 4.53. The molecule has 120 valence electrons. The van der Waals surface area contributed by atoms with Crippen molar-refractivity contribution in [2.45, 2.75) is 63.5 Å². The number of amides is 1. The van der Waals surface area contributed by atoms with Crippen molar-refractivity contribution in [2.24, 2.45) is 0 Å². The lowest BCUT2D eigenvalue weighted by atomic mass is 9.97. The van der Waals surface area contributed by atoms with Crippen LogP contribution in [-0.2, 0) is 10.3 Å². The van der Waals surface area contributed by atoms with Crippen LogP contribution in [0.25, 0.3) is 0 Å². The molecule has 1 amide bonds. The number of hydrogen-bond acceptors (Lipinski definition) is 2. The molecule has 0 aromatic heterocycles. The Bertz CT molecular complexity index is 536. The van der Waals surface area contributed by atoms with Crippen LogP contribution in [0.1, 0.15) is 56.1 Å². The molecule has 0 spiro atoms. The molecular weight excluding hydrogens is 272 g/mol. The van der Waals surface area contributed by atoms with Gasteiger partial charge in [0.15, 0.2) is 0 Å². The summed E-state index contributed by atoms with van der Waals surface area (Å²) in [5, 5.41) is 3.32. The van der Waals surface area contributed by atoms with Crippen molar-refractivity contribution in [1.29, 1.82) is 0 Å². The summed E-state index contributed by atoms with van der Waals surface area (Å²) in [5.74, 6) is 0.222. The molecule has 1 aliphatic heterocycles. The van der Waals surface area contributed by atoms with Crippen LogP contribution in [0, 0.1) is 6.92 Å². The van der Waals surface area contributed by atoms with E-state index in [9.17, 15) is 4.79 Å². The van der Waals surface area contributed by atoms with Gasteiger partial charge in [0.1, 0.15) is 0 Å². The summed E-state index contributed by atoms with van der Waals surface area (Å²) >= 11 is 0. The average Bonchev–Trinajstić information content (AvgIpc) is 3.27. The lowest BCUT2D eigenvalue weighted by Gasteiger charge is -2.32. The van der Waals surface area contributed by atoms with Crippen molar-refractivity contribution in [2.75, 3.05) is 13.6 Å². The van der Waals surface area contributed by atoms with E-state index in [-0.39, 0.29) is 11.4 Å². The second-order valence-electron chi connectivity index (χ2n) is 7.11. The van der Waals surface area contributed by atoms with E-state index in [1.807, 2.05) is 0 Å². The first-order chi connectivity index (χ1) is 10.6. The zero-order chi connectivity index (χ0) is 15.6. The van der Waals surface area contributed by atoms with Gasteiger partial charge in [0, 0.05) is 12.5 Å². The van der Waals surface area contributed by atoms with Crippen LogP contribution < -0.4 is 5.32 Å². The summed E-state index contributed by atoms with van der Waals surface area (Å²) < 4.78 is 0.